The molecule has 2 aromatic carbocycles. The summed E-state index contributed by atoms with van der Waals surface area (Å²) in [5.41, 5.74) is 1.20. The molecular formula is C19H20ClN5O5. The quantitative estimate of drug-likeness (QED) is 0.115. The molecule has 158 valence electrons. The molecule has 7 N–H and O–H groups in total. The molecule has 0 atom stereocenters. The summed E-state index contributed by atoms with van der Waals surface area (Å²) in [6.45, 7) is -0.364. The Kier molecular flexibility index (Phi) is 8.00. The van der Waals surface area contributed by atoms with E-state index in [1.54, 1.807) is 24.3 Å². The van der Waals surface area contributed by atoms with Gasteiger partial charge in [0.25, 0.3) is 5.91 Å². The lowest BCUT2D eigenvalue weighted by Gasteiger charge is -2.12. The molecule has 2 rings (SSSR count). The molecule has 0 spiro atoms. The Balaban J connectivity index is 1.99. The lowest BCUT2D eigenvalue weighted by molar-refractivity contribution is -0.137. The summed E-state index contributed by atoms with van der Waals surface area (Å²) in [4.78, 5) is 35.2. The van der Waals surface area contributed by atoms with E-state index in [0.29, 0.717) is 11.3 Å². The van der Waals surface area contributed by atoms with Crippen LogP contribution in [0.1, 0.15) is 22.3 Å². The van der Waals surface area contributed by atoms with E-state index in [-0.39, 0.29) is 41.4 Å². The minimum Gasteiger partial charge on any atom is -0.505 e. The van der Waals surface area contributed by atoms with E-state index in [2.05, 4.69) is 21.1 Å². The second-order valence-corrected chi connectivity index (χ2v) is 6.53. The summed E-state index contributed by atoms with van der Waals surface area (Å²) in [5, 5.41) is 30.2. The number of amides is 2. The first-order chi connectivity index (χ1) is 14.3. The minimum atomic E-state index is -1.03. The number of carbonyl (C=O) groups is 3. The van der Waals surface area contributed by atoms with Gasteiger partial charge in [-0.05, 0) is 42.3 Å². The van der Waals surface area contributed by atoms with Crippen LogP contribution in [0.3, 0.4) is 0 Å². The zero-order valence-electron chi connectivity index (χ0n) is 15.7. The van der Waals surface area contributed by atoms with Crippen molar-refractivity contribution in [2.45, 2.75) is 12.8 Å². The van der Waals surface area contributed by atoms with Crippen LogP contribution in [0.4, 0.5) is 11.4 Å². The first kappa shape index (κ1) is 22.5. The third-order valence-electron chi connectivity index (χ3n) is 3.88. The Morgan fingerprint density at radius 2 is 1.97 bits per heavy atom. The van der Waals surface area contributed by atoms with Crippen molar-refractivity contribution in [3.8, 4) is 5.75 Å². The maximum Gasteiger partial charge on any atom is 0.303 e. The largest absolute Gasteiger partial charge is 0.505 e. The average molecular weight is 434 g/mol. The number of phenolic OH excluding ortho intramolecular Hbond substituents is 1. The van der Waals surface area contributed by atoms with Crippen LogP contribution in [-0.4, -0.2) is 40.9 Å². The number of nitrogens with zero attached hydrogens (tertiary/aromatic N) is 1. The zero-order valence-corrected chi connectivity index (χ0v) is 16.4. The zero-order chi connectivity index (χ0) is 22.1. The van der Waals surface area contributed by atoms with Crippen LogP contribution in [-0.2, 0) is 16.0 Å². The number of anilines is 2. The highest BCUT2D eigenvalue weighted by Gasteiger charge is 2.14. The van der Waals surface area contributed by atoms with E-state index in [1.165, 1.54) is 18.5 Å². The molecule has 11 heteroatoms. The number of aryl methyl sites for hydroxylation is 1. The number of halogens is 1. The maximum absolute atomic E-state index is 12.2. The normalized spacial score (nSPS) is 10.6. The van der Waals surface area contributed by atoms with Crippen molar-refractivity contribution in [2.24, 2.45) is 10.9 Å². The summed E-state index contributed by atoms with van der Waals surface area (Å²) in [7, 11) is 0. The number of hydrogen-bond donors (Lipinski definition) is 6. The predicted molar refractivity (Wildman–Crippen MR) is 113 cm³/mol. The monoisotopic (exact) mass is 433 g/mol. The lowest BCUT2D eigenvalue weighted by atomic mass is 10.1. The van der Waals surface area contributed by atoms with Crippen molar-refractivity contribution < 1.29 is 24.6 Å². The van der Waals surface area contributed by atoms with E-state index in [9.17, 15) is 19.5 Å². The molecule has 0 saturated heterocycles. The third kappa shape index (κ3) is 6.67. The smallest absolute Gasteiger partial charge is 0.303 e. The molecule has 0 fully saturated rings. The molecule has 0 saturated carbocycles. The van der Waals surface area contributed by atoms with E-state index in [1.807, 2.05) is 0 Å². The van der Waals surface area contributed by atoms with Gasteiger partial charge < -0.3 is 32.0 Å². The van der Waals surface area contributed by atoms with Gasteiger partial charge in [-0.25, -0.2) is 0 Å². The number of carbonyl (C=O) groups excluding carboxylic acids is 2. The molecule has 2 amide bonds. The van der Waals surface area contributed by atoms with Crippen LogP contribution in [0, 0.1) is 0 Å². The average Bonchev–Trinajstić information content (AvgIpc) is 2.71. The molecule has 0 heterocycles. The Hall–Kier alpha value is -3.79. The summed E-state index contributed by atoms with van der Waals surface area (Å²) in [5.74, 6) is 2.61. The Bertz CT molecular complexity index is 980. The van der Waals surface area contributed by atoms with Crippen LogP contribution in [0.5, 0.6) is 5.75 Å². The van der Waals surface area contributed by atoms with Crippen molar-refractivity contribution >= 4 is 47.1 Å². The van der Waals surface area contributed by atoms with E-state index in [0.717, 1.165) is 0 Å². The van der Waals surface area contributed by atoms with Gasteiger partial charge in [0.05, 0.1) is 12.2 Å². The Morgan fingerprint density at radius 3 is 2.67 bits per heavy atom. The van der Waals surface area contributed by atoms with Gasteiger partial charge in [-0.1, -0.05) is 17.7 Å². The summed E-state index contributed by atoms with van der Waals surface area (Å²) in [6, 6.07) is 9.21. The molecule has 10 nitrogen and oxygen atoms in total. The molecule has 0 unspecified atom stereocenters. The second-order valence-electron chi connectivity index (χ2n) is 6.09. The fourth-order valence-electron chi connectivity index (χ4n) is 2.50. The maximum atomic E-state index is 12.2. The minimum absolute atomic E-state index is 0.0226. The first-order valence-corrected chi connectivity index (χ1v) is 9.07. The highest BCUT2D eigenvalue weighted by atomic mass is 35.5. The number of hydrogen-bond acceptors (Lipinski definition) is 6. The van der Waals surface area contributed by atoms with Crippen LogP contribution < -0.4 is 21.8 Å². The predicted octanol–water partition coefficient (Wildman–Crippen LogP) is 1.75. The number of rotatable bonds is 9. The number of carboxylic acid groups (broad SMARTS) is 1. The van der Waals surface area contributed by atoms with Crippen LogP contribution in [0.15, 0.2) is 41.5 Å². The second kappa shape index (κ2) is 10.7. The van der Waals surface area contributed by atoms with Crippen molar-refractivity contribution in [1.82, 2.24) is 5.32 Å². The Morgan fingerprint density at radius 1 is 1.20 bits per heavy atom. The number of carboxylic acids is 1. The van der Waals surface area contributed by atoms with Gasteiger partial charge in [0.2, 0.25) is 5.91 Å². The van der Waals surface area contributed by atoms with Crippen molar-refractivity contribution in [3.63, 3.8) is 0 Å². The standard InChI is InChI=1S/C19H20ClN5O5/c20-13-6-11(4-5-17(27)28)18(29)15(8-13)25-16(26)9-22-19(30)12-2-1-3-14(7-12)23-10-24-21/h1-3,6-8,10,29H,4-5,9,21H2,(H,22,30)(H,23,24)(H,25,26)(H,27,28). The molecule has 2 aromatic rings. The van der Waals surface area contributed by atoms with Gasteiger partial charge in [-0.15, -0.1) is 0 Å². The van der Waals surface area contributed by atoms with Gasteiger partial charge in [-0.3, -0.25) is 14.4 Å². The van der Waals surface area contributed by atoms with Gasteiger partial charge in [0.1, 0.15) is 12.1 Å². The highest BCUT2D eigenvalue weighted by molar-refractivity contribution is 6.31. The van der Waals surface area contributed by atoms with Crippen molar-refractivity contribution in [2.75, 3.05) is 17.2 Å². The number of nitrogens with two attached hydrogens (primary N) is 1. The van der Waals surface area contributed by atoms with Gasteiger partial charge in [0.15, 0.2) is 0 Å². The van der Waals surface area contributed by atoms with Gasteiger partial charge >= 0.3 is 5.97 Å². The summed E-state index contributed by atoms with van der Waals surface area (Å²) < 4.78 is 0. The number of nitrogens with one attached hydrogen (secondary N) is 3. The van der Waals surface area contributed by atoms with Gasteiger partial charge in [-0.2, -0.15) is 5.10 Å². The summed E-state index contributed by atoms with van der Waals surface area (Å²) in [6.07, 6.45) is 1.09. The van der Waals surface area contributed by atoms with E-state index in [4.69, 9.17) is 22.6 Å². The Labute approximate surface area is 176 Å². The number of hydrazone groups is 1. The molecule has 0 aliphatic carbocycles. The van der Waals surface area contributed by atoms with E-state index >= 15 is 0 Å². The van der Waals surface area contributed by atoms with Crippen LogP contribution in [0.2, 0.25) is 5.02 Å². The van der Waals surface area contributed by atoms with Crippen molar-refractivity contribution in [3.05, 3.63) is 52.5 Å². The molecule has 0 aliphatic heterocycles. The number of aromatic hydroxyl groups is 1. The van der Waals surface area contributed by atoms with Gasteiger partial charge in [0, 0.05) is 22.7 Å². The number of benzene rings is 2. The van der Waals surface area contributed by atoms with Crippen LogP contribution >= 0.6 is 11.6 Å². The topological polar surface area (TPSA) is 166 Å². The molecule has 0 aliphatic rings. The highest BCUT2D eigenvalue weighted by Crippen LogP contribution is 2.32. The fraction of sp³-hybridized carbons (Fsp3) is 0.158. The fourth-order valence-corrected chi connectivity index (χ4v) is 2.74. The molecule has 30 heavy (non-hydrogen) atoms. The van der Waals surface area contributed by atoms with Crippen LogP contribution in [0.25, 0.3) is 0 Å². The lowest BCUT2D eigenvalue weighted by Crippen LogP contribution is -2.32. The summed E-state index contributed by atoms with van der Waals surface area (Å²) >= 11 is 5.98. The first-order valence-electron chi connectivity index (χ1n) is 8.69. The molecule has 0 radical (unpaired) electrons. The van der Waals surface area contributed by atoms with Crippen molar-refractivity contribution in [1.29, 1.82) is 0 Å². The van der Waals surface area contributed by atoms with E-state index < -0.39 is 17.8 Å². The molecular weight excluding hydrogens is 414 g/mol. The molecule has 0 bridgehead atoms. The SMILES string of the molecule is NN=CNc1cccc(C(=O)NCC(=O)Nc2cc(Cl)cc(CCC(=O)O)c2O)c1. The third-order valence-corrected chi connectivity index (χ3v) is 4.09. The number of aliphatic carboxylic acids is 1. The molecule has 0 aromatic heterocycles. The number of phenols is 1.